The van der Waals surface area contributed by atoms with Gasteiger partial charge in [-0.1, -0.05) is 30.3 Å². The number of nitrogens with zero attached hydrogens (tertiary/aromatic N) is 1. The van der Waals surface area contributed by atoms with Crippen molar-refractivity contribution in [3.05, 3.63) is 65.2 Å². The lowest BCUT2D eigenvalue weighted by atomic mass is 10.0. The van der Waals surface area contributed by atoms with Crippen LogP contribution in [0.5, 0.6) is 0 Å². The maximum atomic E-state index is 12.1. The molecular formula is C16H18N2O2S. The van der Waals surface area contributed by atoms with Crippen LogP contribution in [0.2, 0.25) is 0 Å². The minimum atomic E-state index is -3.62. The maximum absolute atomic E-state index is 12.1. The second kappa shape index (κ2) is 6.10. The van der Waals surface area contributed by atoms with Crippen LogP contribution in [0.15, 0.2) is 58.5 Å². The summed E-state index contributed by atoms with van der Waals surface area (Å²) in [6.07, 6.45) is 0. The molecule has 2 aromatic carbocycles. The molecule has 0 unspecified atom stereocenters. The van der Waals surface area contributed by atoms with Crippen LogP contribution < -0.4 is 4.83 Å². The molecule has 0 aliphatic heterocycles. The van der Waals surface area contributed by atoms with Crippen molar-refractivity contribution in [3.63, 3.8) is 0 Å². The predicted molar refractivity (Wildman–Crippen MR) is 84.9 cm³/mol. The van der Waals surface area contributed by atoms with Crippen LogP contribution in [0.25, 0.3) is 0 Å². The topological polar surface area (TPSA) is 58.5 Å². The highest BCUT2D eigenvalue weighted by molar-refractivity contribution is 7.89. The van der Waals surface area contributed by atoms with E-state index in [0.717, 1.165) is 11.1 Å². The summed E-state index contributed by atoms with van der Waals surface area (Å²) in [5.74, 6) is 0. The largest absolute Gasteiger partial charge is 0.276 e. The van der Waals surface area contributed by atoms with Crippen molar-refractivity contribution in [1.82, 2.24) is 4.83 Å². The van der Waals surface area contributed by atoms with Crippen LogP contribution in [0.4, 0.5) is 0 Å². The number of benzene rings is 2. The first kappa shape index (κ1) is 15.3. The van der Waals surface area contributed by atoms with Crippen LogP contribution in [-0.2, 0) is 10.0 Å². The molecule has 0 spiro atoms. The fourth-order valence-corrected chi connectivity index (χ4v) is 2.69. The molecule has 0 bridgehead atoms. The summed E-state index contributed by atoms with van der Waals surface area (Å²) in [5, 5.41) is 3.99. The van der Waals surface area contributed by atoms with E-state index in [4.69, 9.17) is 0 Å². The molecule has 0 saturated carbocycles. The van der Waals surface area contributed by atoms with Gasteiger partial charge in [-0.25, -0.2) is 0 Å². The van der Waals surface area contributed by atoms with E-state index >= 15 is 0 Å². The Morgan fingerprint density at radius 3 is 2.29 bits per heavy atom. The van der Waals surface area contributed by atoms with Gasteiger partial charge < -0.3 is 0 Å². The van der Waals surface area contributed by atoms with E-state index in [9.17, 15) is 8.42 Å². The van der Waals surface area contributed by atoms with Crippen molar-refractivity contribution in [2.24, 2.45) is 5.10 Å². The Morgan fingerprint density at radius 2 is 1.67 bits per heavy atom. The van der Waals surface area contributed by atoms with Gasteiger partial charge in [0, 0.05) is 0 Å². The normalized spacial score (nSPS) is 12.2. The van der Waals surface area contributed by atoms with Gasteiger partial charge >= 0.3 is 0 Å². The zero-order chi connectivity index (χ0) is 15.5. The van der Waals surface area contributed by atoms with Gasteiger partial charge in [-0.3, -0.25) is 0 Å². The summed E-state index contributed by atoms with van der Waals surface area (Å²) in [5.41, 5.74) is 3.86. The van der Waals surface area contributed by atoms with Crippen LogP contribution in [-0.4, -0.2) is 14.1 Å². The summed E-state index contributed by atoms with van der Waals surface area (Å²) in [6.45, 7) is 5.82. The molecule has 4 nitrogen and oxygen atoms in total. The highest BCUT2D eigenvalue weighted by Gasteiger charge is 2.12. The lowest BCUT2D eigenvalue weighted by Gasteiger charge is -2.07. The molecule has 0 atom stereocenters. The minimum absolute atomic E-state index is 0.196. The number of nitrogens with one attached hydrogen (secondary N) is 1. The molecule has 0 aromatic heterocycles. The molecule has 0 amide bonds. The Kier molecular flexibility index (Phi) is 4.43. The fourth-order valence-electron chi connectivity index (χ4n) is 1.81. The van der Waals surface area contributed by atoms with E-state index in [1.807, 2.05) is 32.0 Å². The van der Waals surface area contributed by atoms with Crippen LogP contribution in [0.1, 0.15) is 23.6 Å². The number of aryl methyl sites for hydroxylation is 2. The van der Waals surface area contributed by atoms with Crippen molar-refractivity contribution >= 4 is 15.7 Å². The van der Waals surface area contributed by atoms with Gasteiger partial charge in [0.2, 0.25) is 0 Å². The van der Waals surface area contributed by atoms with Gasteiger partial charge in [0.1, 0.15) is 0 Å². The van der Waals surface area contributed by atoms with E-state index in [-0.39, 0.29) is 4.90 Å². The Balaban J connectivity index is 2.22. The molecule has 0 radical (unpaired) electrons. The Morgan fingerprint density at radius 1 is 1.00 bits per heavy atom. The van der Waals surface area contributed by atoms with Gasteiger partial charge in [0.25, 0.3) is 10.0 Å². The van der Waals surface area contributed by atoms with Gasteiger partial charge in [0.15, 0.2) is 0 Å². The third-order valence-corrected chi connectivity index (χ3v) is 4.54. The maximum Gasteiger partial charge on any atom is 0.276 e. The van der Waals surface area contributed by atoms with Crippen LogP contribution in [0.3, 0.4) is 0 Å². The molecule has 21 heavy (non-hydrogen) atoms. The van der Waals surface area contributed by atoms with Gasteiger partial charge in [-0.15, -0.1) is 0 Å². The first-order chi connectivity index (χ1) is 9.90. The molecule has 2 rings (SSSR count). The minimum Gasteiger partial charge on any atom is -0.200 e. The number of rotatable bonds is 4. The lowest BCUT2D eigenvalue weighted by Crippen LogP contribution is -2.19. The molecule has 1 N–H and O–H groups in total. The third kappa shape index (κ3) is 3.70. The van der Waals surface area contributed by atoms with E-state index in [1.165, 1.54) is 17.7 Å². The van der Waals surface area contributed by atoms with Crippen molar-refractivity contribution in [3.8, 4) is 0 Å². The number of hydrogen-bond donors (Lipinski definition) is 1. The average molecular weight is 302 g/mol. The predicted octanol–water partition coefficient (Wildman–Crippen LogP) is 3.01. The zero-order valence-corrected chi connectivity index (χ0v) is 13.1. The lowest BCUT2D eigenvalue weighted by molar-refractivity contribution is 0.584. The average Bonchev–Trinajstić information content (AvgIpc) is 2.48. The van der Waals surface area contributed by atoms with Crippen molar-refractivity contribution in [1.29, 1.82) is 0 Å². The highest BCUT2D eigenvalue weighted by atomic mass is 32.2. The standard InChI is InChI=1S/C16H18N2O2S/c1-12-9-10-15(11-13(12)2)14(3)17-18-21(19,20)16-7-5-4-6-8-16/h4-11,18H,1-3H3/b17-14+. The smallest absolute Gasteiger partial charge is 0.200 e. The Bertz CT molecular complexity index is 766. The van der Waals surface area contributed by atoms with E-state index in [0.29, 0.717) is 5.71 Å². The van der Waals surface area contributed by atoms with Crippen LogP contribution >= 0.6 is 0 Å². The summed E-state index contributed by atoms with van der Waals surface area (Å²) < 4.78 is 24.1. The van der Waals surface area contributed by atoms with Crippen molar-refractivity contribution in [2.75, 3.05) is 0 Å². The second-order valence-corrected chi connectivity index (χ2v) is 6.56. The van der Waals surface area contributed by atoms with E-state index < -0.39 is 10.0 Å². The van der Waals surface area contributed by atoms with Crippen molar-refractivity contribution < 1.29 is 8.42 Å². The Labute approximate surface area is 125 Å². The van der Waals surface area contributed by atoms with Gasteiger partial charge in [0.05, 0.1) is 10.6 Å². The molecule has 0 aliphatic rings. The first-order valence-corrected chi connectivity index (χ1v) is 8.07. The molecule has 0 heterocycles. The summed E-state index contributed by atoms with van der Waals surface area (Å²) in [6, 6.07) is 14.1. The summed E-state index contributed by atoms with van der Waals surface area (Å²) >= 11 is 0. The first-order valence-electron chi connectivity index (χ1n) is 6.59. The Hall–Kier alpha value is -2.14. The fraction of sp³-hybridized carbons (Fsp3) is 0.188. The quantitative estimate of drug-likeness (QED) is 0.697. The van der Waals surface area contributed by atoms with Gasteiger partial charge in [-0.05, 0) is 55.7 Å². The van der Waals surface area contributed by atoms with Gasteiger partial charge in [-0.2, -0.15) is 18.4 Å². The molecule has 0 saturated heterocycles. The SMILES string of the molecule is C/C(=N\NS(=O)(=O)c1ccccc1)c1ccc(C)c(C)c1. The number of hydrogen-bond acceptors (Lipinski definition) is 3. The van der Waals surface area contributed by atoms with Crippen LogP contribution in [0, 0.1) is 13.8 Å². The van der Waals surface area contributed by atoms with Crippen molar-refractivity contribution in [2.45, 2.75) is 25.7 Å². The molecule has 110 valence electrons. The zero-order valence-electron chi connectivity index (χ0n) is 12.3. The highest BCUT2D eigenvalue weighted by Crippen LogP contribution is 2.11. The second-order valence-electron chi connectivity index (χ2n) is 4.90. The molecule has 0 aliphatic carbocycles. The third-order valence-electron chi connectivity index (χ3n) is 3.31. The monoisotopic (exact) mass is 302 g/mol. The number of sulfonamides is 1. The number of hydrazone groups is 1. The van der Waals surface area contributed by atoms with E-state index in [2.05, 4.69) is 9.93 Å². The summed E-state index contributed by atoms with van der Waals surface area (Å²) in [4.78, 5) is 2.46. The summed E-state index contributed by atoms with van der Waals surface area (Å²) in [7, 11) is -3.62. The molecular weight excluding hydrogens is 284 g/mol. The molecule has 5 heteroatoms. The molecule has 0 fully saturated rings. The molecule has 2 aromatic rings. The van der Waals surface area contributed by atoms with E-state index in [1.54, 1.807) is 25.1 Å².